The van der Waals surface area contributed by atoms with E-state index in [0.29, 0.717) is 11.6 Å². The highest BCUT2D eigenvalue weighted by molar-refractivity contribution is 5.94. The number of pyridine rings is 1. The topological polar surface area (TPSA) is 57.7 Å². The van der Waals surface area contributed by atoms with Crippen LogP contribution in [0, 0.1) is 12.3 Å². The molecule has 2 atom stereocenters. The Hall–Kier alpha value is -2.88. The van der Waals surface area contributed by atoms with E-state index in [4.69, 9.17) is 11.2 Å². The minimum Gasteiger partial charge on any atom is -0.373 e. The third-order valence-electron chi connectivity index (χ3n) is 5.33. The van der Waals surface area contributed by atoms with Gasteiger partial charge in [0.05, 0.1) is 30.9 Å². The molecule has 6 nitrogen and oxygen atoms in total. The van der Waals surface area contributed by atoms with Crippen LogP contribution in [0.3, 0.4) is 0 Å². The number of rotatable bonds is 5. The quantitative estimate of drug-likeness (QED) is 0.802. The molecule has 1 amide bonds. The molecule has 1 N–H and O–H groups in total. The lowest BCUT2D eigenvalue weighted by Crippen LogP contribution is -2.50. The molecule has 2 saturated heterocycles. The molecule has 0 radical (unpaired) electrons. The maximum absolute atomic E-state index is 12.0. The zero-order valence-electron chi connectivity index (χ0n) is 15.8. The Bertz CT molecular complexity index is 847. The van der Waals surface area contributed by atoms with Gasteiger partial charge in [0, 0.05) is 32.4 Å². The number of carbonyl (C=O) groups is 1. The van der Waals surface area contributed by atoms with E-state index < -0.39 is 0 Å². The molecule has 2 unspecified atom stereocenters. The van der Waals surface area contributed by atoms with Crippen LogP contribution in [-0.2, 0) is 11.3 Å². The number of ether oxygens (including phenoxy) is 1. The lowest BCUT2D eigenvalue weighted by molar-refractivity contribution is -0.0499. The van der Waals surface area contributed by atoms with Gasteiger partial charge >= 0.3 is 0 Å². The van der Waals surface area contributed by atoms with Crippen LogP contribution in [0.4, 0.5) is 5.82 Å². The number of carbonyl (C=O) groups excluding carboxylic acids is 1. The van der Waals surface area contributed by atoms with Crippen LogP contribution in [0.1, 0.15) is 15.9 Å². The number of aromatic nitrogens is 1. The smallest absolute Gasteiger partial charge is 0.253 e. The fraction of sp³-hybridized carbons (Fsp3) is 0.364. The van der Waals surface area contributed by atoms with Crippen molar-refractivity contribution in [1.82, 2.24) is 15.2 Å². The summed E-state index contributed by atoms with van der Waals surface area (Å²) in [6, 6.07) is 14.6. The van der Waals surface area contributed by atoms with Crippen molar-refractivity contribution in [3.05, 3.63) is 59.8 Å². The number of terminal acetylenes is 1. The number of benzene rings is 1. The third kappa shape index (κ3) is 4.01. The van der Waals surface area contributed by atoms with E-state index in [1.807, 2.05) is 12.1 Å². The highest BCUT2D eigenvalue weighted by Gasteiger charge is 2.40. The number of fused-ring (bicyclic) bond motifs is 1. The summed E-state index contributed by atoms with van der Waals surface area (Å²) >= 11 is 0. The van der Waals surface area contributed by atoms with E-state index in [1.54, 1.807) is 12.3 Å². The van der Waals surface area contributed by atoms with Gasteiger partial charge in [-0.25, -0.2) is 4.98 Å². The maximum atomic E-state index is 12.0. The SMILES string of the molecule is C#CCNC(=O)c1ccc(N2CC3OCCN(Cc4ccccc4)C3C2)nc1. The number of anilines is 1. The first-order valence-corrected chi connectivity index (χ1v) is 9.57. The van der Waals surface area contributed by atoms with Crippen LogP contribution in [0.15, 0.2) is 48.7 Å². The minimum atomic E-state index is -0.204. The summed E-state index contributed by atoms with van der Waals surface area (Å²) in [4.78, 5) is 21.2. The molecule has 2 aliphatic rings. The molecule has 3 heterocycles. The normalized spacial score (nSPS) is 21.8. The number of morpholine rings is 1. The van der Waals surface area contributed by atoms with E-state index in [-0.39, 0.29) is 18.6 Å². The molecule has 2 aromatic rings. The van der Waals surface area contributed by atoms with Gasteiger partial charge in [-0.1, -0.05) is 36.3 Å². The summed E-state index contributed by atoms with van der Waals surface area (Å²) in [5.41, 5.74) is 1.83. The number of hydrogen-bond acceptors (Lipinski definition) is 5. The Balaban J connectivity index is 1.42. The molecule has 144 valence electrons. The number of hydrogen-bond donors (Lipinski definition) is 1. The first-order chi connectivity index (χ1) is 13.7. The molecule has 4 rings (SSSR count). The van der Waals surface area contributed by atoms with Gasteiger partial charge in [-0.3, -0.25) is 9.69 Å². The van der Waals surface area contributed by atoms with Gasteiger partial charge in [-0.2, -0.15) is 0 Å². The average molecular weight is 376 g/mol. The molecule has 2 aliphatic heterocycles. The van der Waals surface area contributed by atoms with Gasteiger partial charge in [0.15, 0.2) is 0 Å². The third-order valence-corrected chi connectivity index (χ3v) is 5.33. The Labute approximate surface area is 165 Å². The van der Waals surface area contributed by atoms with E-state index in [0.717, 1.165) is 38.6 Å². The van der Waals surface area contributed by atoms with E-state index in [9.17, 15) is 4.79 Å². The van der Waals surface area contributed by atoms with Gasteiger partial charge in [0.2, 0.25) is 0 Å². The van der Waals surface area contributed by atoms with Crippen molar-refractivity contribution < 1.29 is 9.53 Å². The van der Waals surface area contributed by atoms with Crippen LogP contribution >= 0.6 is 0 Å². The number of nitrogens with one attached hydrogen (secondary N) is 1. The van der Waals surface area contributed by atoms with Crippen molar-refractivity contribution in [2.24, 2.45) is 0 Å². The van der Waals surface area contributed by atoms with Crippen LogP contribution in [0.2, 0.25) is 0 Å². The summed E-state index contributed by atoms with van der Waals surface area (Å²) in [6.07, 6.45) is 6.96. The predicted octanol–water partition coefficient (Wildman–Crippen LogP) is 1.53. The van der Waals surface area contributed by atoms with Gasteiger partial charge in [-0.15, -0.1) is 6.42 Å². The second kappa shape index (κ2) is 8.42. The molecule has 28 heavy (non-hydrogen) atoms. The first kappa shape index (κ1) is 18.5. The second-order valence-electron chi connectivity index (χ2n) is 7.13. The lowest BCUT2D eigenvalue weighted by Gasteiger charge is -2.36. The van der Waals surface area contributed by atoms with Crippen molar-refractivity contribution in [2.45, 2.75) is 18.7 Å². The zero-order chi connectivity index (χ0) is 19.3. The predicted molar refractivity (Wildman–Crippen MR) is 108 cm³/mol. The fourth-order valence-electron chi connectivity index (χ4n) is 3.90. The first-order valence-electron chi connectivity index (χ1n) is 9.57. The summed E-state index contributed by atoms with van der Waals surface area (Å²) in [5, 5.41) is 2.65. The fourth-order valence-corrected chi connectivity index (χ4v) is 3.90. The highest BCUT2D eigenvalue weighted by atomic mass is 16.5. The highest BCUT2D eigenvalue weighted by Crippen LogP contribution is 2.27. The van der Waals surface area contributed by atoms with Crippen LogP contribution < -0.4 is 10.2 Å². The van der Waals surface area contributed by atoms with Gasteiger partial charge < -0.3 is 15.0 Å². The van der Waals surface area contributed by atoms with Crippen molar-refractivity contribution in [1.29, 1.82) is 0 Å². The molecule has 0 saturated carbocycles. The molecular formula is C22H24N4O2. The largest absolute Gasteiger partial charge is 0.373 e. The van der Waals surface area contributed by atoms with E-state index >= 15 is 0 Å². The Kier molecular flexibility index (Phi) is 5.56. The minimum absolute atomic E-state index is 0.179. The van der Waals surface area contributed by atoms with Crippen molar-refractivity contribution in [2.75, 3.05) is 37.7 Å². The molecule has 0 bridgehead atoms. The summed E-state index contributed by atoms with van der Waals surface area (Å²) in [6.45, 7) is 4.51. The van der Waals surface area contributed by atoms with Crippen molar-refractivity contribution in [3.8, 4) is 12.3 Å². The molecular weight excluding hydrogens is 352 g/mol. The molecule has 0 spiro atoms. The lowest BCUT2D eigenvalue weighted by atomic mass is 10.1. The van der Waals surface area contributed by atoms with Gasteiger partial charge in [-0.05, 0) is 17.7 Å². The van der Waals surface area contributed by atoms with Gasteiger partial charge in [0.1, 0.15) is 5.82 Å². The maximum Gasteiger partial charge on any atom is 0.253 e. The monoisotopic (exact) mass is 376 g/mol. The number of amides is 1. The van der Waals surface area contributed by atoms with Crippen LogP contribution in [-0.4, -0.2) is 60.7 Å². The van der Waals surface area contributed by atoms with E-state index in [2.05, 4.69) is 50.3 Å². The second-order valence-corrected chi connectivity index (χ2v) is 7.13. The Morgan fingerprint density at radius 1 is 1.25 bits per heavy atom. The number of nitrogens with zero attached hydrogens (tertiary/aromatic N) is 3. The van der Waals surface area contributed by atoms with Crippen LogP contribution in [0.5, 0.6) is 0 Å². The zero-order valence-corrected chi connectivity index (χ0v) is 15.8. The molecule has 6 heteroatoms. The average Bonchev–Trinajstić information content (AvgIpc) is 3.18. The van der Waals surface area contributed by atoms with Gasteiger partial charge in [0.25, 0.3) is 5.91 Å². The summed E-state index contributed by atoms with van der Waals surface area (Å²) < 4.78 is 6.03. The molecule has 1 aromatic heterocycles. The standard InChI is InChI=1S/C22H24N4O2/c1-2-10-23-22(27)18-8-9-21(24-13-18)26-15-19-20(16-26)28-12-11-25(19)14-17-6-4-3-5-7-17/h1,3-9,13,19-20H,10-12,14-16H2,(H,23,27). The van der Waals surface area contributed by atoms with Crippen LogP contribution in [0.25, 0.3) is 0 Å². The molecule has 2 fully saturated rings. The Morgan fingerprint density at radius 3 is 2.86 bits per heavy atom. The van der Waals surface area contributed by atoms with Crippen molar-refractivity contribution >= 4 is 11.7 Å². The Morgan fingerprint density at radius 2 is 2.11 bits per heavy atom. The summed E-state index contributed by atoms with van der Waals surface area (Å²) in [7, 11) is 0. The van der Waals surface area contributed by atoms with E-state index in [1.165, 1.54) is 5.56 Å². The summed E-state index contributed by atoms with van der Waals surface area (Å²) in [5.74, 6) is 3.06. The molecule has 0 aliphatic carbocycles. The van der Waals surface area contributed by atoms with Crippen molar-refractivity contribution in [3.63, 3.8) is 0 Å². The molecule has 1 aromatic carbocycles.